The summed E-state index contributed by atoms with van der Waals surface area (Å²) in [6, 6.07) is 7.91. The molecule has 0 radical (unpaired) electrons. The Kier molecular flexibility index (Phi) is 7.07. The Hall–Kier alpha value is -1.80. The molecule has 2 N–H and O–H groups in total. The number of para-hydroxylation sites is 1. The van der Waals surface area contributed by atoms with Crippen LogP contribution in [-0.4, -0.2) is 63.8 Å². The number of sulfonamides is 1. The van der Waals surface area contributed by atoms with E-state index < -0.39 is 10.0 Å². The third-order valence-corrected chi connectivity index (χ3v) is 6.02. The zero-order chi connectivity index (χ0) is 18.3. The van der Waals surface area contributed by atoms with Gasteiger partial charge < -0.3 is 15.4 Å². The zero-order valence-electron chi connectivity index (χ0n) is 15.2. The van der Waals surface area contributed by atoms with Gasteiger partial charge in [-0.3, -0.25) is 4.99 Å². The third-order valence-electron chi connectivity index (χ3n) is 4.06. The molecule has 1 heterocycles. The van der Waals surface area contributed by atoms with Gasteiger partial charge in [-0.15, -0.1) is 0 Å². The van der Waals surface area contributed by atoms with Gasteiger partial charge in [-0.05, 0) is 31.9 Å². The van der Waals surface area contributed by atoms with E-state index in [2.05, 4.69) is 15.6 Å². The van der Waals surface area contributed by atoms with Gasteiger partial charge in [0.05, 0.1) is 12.3 Å². The van der Waals surface area contributed by atoms with Gasteiger partial charge in [-0.25, -0.2) is 12.7 Å². The van der Waals surface area contributed by atoms with E-state index in [0.717, 1.165) is 11.3 Å². The van der Waals surface area contributed by atoms with E-state index in [1.54, 1.807) is 7.05 Å². The Morgan fingerprint density at radius 3 is 2.76 bits per heavy atom. The molecule has 1 aliphatic heterocycles. The van der Waals surface area contributed by atoms with Crippen LogP contribution in [0.15, 0.2) is 29.3 Å². The van der Waals surface area contributed by atoms with Crippen LogP contribution in [0.3, 0.4) is 0 Å². The molecule has 1 aliphatic rings. The lowest BCUT2D eigenvalue weighted by Gasteiger charge is -2.19. The SMILES string of the molecule is CN=C(NCCN1CCCS1(=O)=O)NCC(C)Oc1ccccc1C. The summed E-state index contributed by atoms with van der Waals surface area (Å²) >= 11 is 0. The molecular weight excluding hydrogens is 340 g/mol. The van der Waals surface area contributed by atoms with Gasteiger partial charge in [0.2, 0.25) is 10.0 Å². The van der Waals surface area contributed by atoms with Crippen molar-refractivity contribution < 1.29 is 13.2 Å². The second-order valence-corrected chi connectivity index (χ2v) is 8.23. The Balaban J connectivity index is 1.72. The zero-order valence-corrected chi connectivity index (χ0v) is 16.0. The molecule has 2 rings (SSSR count). The van der Waals surface area contributed by atoms with E-state index in [-0.39, 0.29) is 11.9 Å². The van der Waals surface area contributed by atoms with Crippen LogP contribution in [0.25, 0.3) is 0 Å². The van der Waals surface area contributed by atoms with Crippen LogP contribution in [0.5, 0.6) is 5.75 Å². The molecule has 1 aromatic carbocycles. The first-order chi connectivity index (χ1) is 11.9. The Morgan fingerprint density at radius 2 is 2.12 bits per heavy atom. The van der Waals surface area contributed by atoms with Crippen molar-refractivity contribution in [3.63, 3.8) is 0 Å². The van der Waals surface area contributed by atoms with E-state index in [1.807, 2.05) is 38.1 Å². The second-order valence-electron chi connectivity index (χ2n) is 6.14. The average molecular weight is 369 g/mol. The molecule has 8 heteroatoms. The number of hydrogen-bond acceptors (Lipinski definition) is 4. The fourth-order valence-corrected chi connectivity index (χ4v) is 4.18. The van der Waals surface area contributed by atoms with Crippen molar-refractivity contribution in [1.29, 1.82) is 0 Å². The largest absolute Gasteiger partial charge is 0.489 e. The molecule has 7 nitrogen and oxygen atoms in total. The lowest BCUT2D eigenvalue weighted by Crippen LogP contribution is -2.44. The summed E-state index contributed by atoms with van der Waals surface area (Å²) in [5, 5.41) is 6.34. The number of aliphatic imine (C=N–C) groups is 1. The van der Waals surface area contributed by atoms with Gasteiger partial charge in [-0.2, -0.15) is 0 Å². The van der Waals surface area contributed by atoms with Crippen molar-refractivity contribution in [2.45, 2.75) is 26.4 Å². The molecule has 1 unspecified atom stereocenters. The quantitative estimate of drug-likeness (QED) is 0.553. The Labute approximate surface area is 150 Å². The van der Waals surface area contributed by atoms with Crippen LogP contribution >= 0.6 is 0 Å². The van der Waals surface area contributed by atoms with E-state index in [1.165, 1.54) is 4.31 Å². The smallest absolute Gasteiger partial charge is 0.214 e. The molecule has 0 saturated carbocycles. The maximum Gasteiger partial charge on any atom is 0.214 e. The maximum absolute atomic E-state index is 11.8. The van der Waals surface area contributed by atoms with Crippen LogP contribution in [0.1, 0.15) is 18.9 Å². The van der Waals surface area contributed by atoms with Crippen molar-refractivity contribution in [3.8, 4) is 5.75 Å². The fraction of sp³-hybridized carbons (Fsp3) is 0.588. The molecule has 25 heavy (non-hydrogen) atoms. The molecule has 1 fully saturated rings. The number of aryl methyl sites for hydroxylation is 1. The van der Waals surface area contributed by atoms with Crippen LogP contribution < -0.4 is 15.4 Å². The summed E-state index contributed by atoms with van der Waals surface area (Å²) < 4.78 is 31.0. The van der Waals surface area contributed by atoms with E-state index in [0.29, 0.717) is 38.6 Å². The molecule has 1 atom stereocenters. The predicted octanol–water partition coefficient (Wildman–Crippen LogP) is 0.963. The molecule has 0 bridgehead atoms. The summed E-state index contributed by atoms with van der Waals surface area (Å²) in [5.74, 6) is 1.77. The standard InChI is InChI=1S/C17H28N4O3S/c1-14-7-4-5-8-16(14)24-15(2)13-20-17(18-3)19-9-11-21-10-6-12-25(21,22)23/h4-5,7-8,15H,6,9-13H2,1-3H3,(H2,18,19,20). The number of nitrogens with one attached hydrogen (secondary N) is 2. The van der Waals surface area contributed by atoms with Gasteiger partial charge in [0.15, 0.2) is 5.96 Å². The normalized spacial score (nSPS) is 18.8. The van der Waals surface area contributed by atoms with Crippen LogP contribution in [0, 0.1) is 6.92 Å². The molecule has 0 aliphatic carbocycles. The molecular formula is C17H28N4O3S. The minimum atomic E-state index is -3.04. The molecule has 1 saturated heterocycles. The highest BCUT2D eigenvalue weighted by Gasteiger charge is 2.27. The lowest BCUT2D eigenvalue weighted by atomic mass is 10.2. The number of ether oxygens (including phenoxy) is 1. The van der Waals surface area contributed by atoms with E-state index in [4.69, 9.17) is 4.74 Å². The Bertz CT molecular complexity index is 691. The summed E-state index contributed by atoms with van der Waals surface area (Å²) in [6.07, 6.45) is 0.682. The molecule has 0 aromatic heterocycles. The number of benzene rings is 1. The van der Waals surface area contributed by atoms with E-state index in [9.17, 15) is 8.42 Å². The number of nitrogens with zero attached hydrogens (tertiary/aromatic N) is 2. The molecule has 0 spiro atoms. The highest BCUT2D eigenvalue weighted by molar-refractivity contribution is 7.89. The van der Waals surface area contributed by atoms with Crippen LogP contribution in [-0.2, 0) is 10.0 Å². The maximum atomic E-state index is 11.8. The summed E-state index contributed by atoms with van der Waals surface area (Å²) in [4.78, 5) is 4.16. The second kappa shape index (κ2) is 9.05. The molecule has 140 valence electrons. The first-order valence-corrected chi connectivity index (χ1v) is 10.2. The third kappa shape index (κ3) is 5.89. The predicted molar refractivity (Wildman–Crippen MR) is 101 cm³/mol. The Morgan fingerprint density at radius 1 is 1.36 bits per heavy atom. The molecule has 0 amide bonds. The lowest BCUT2D eigenvalue weighted by molar-refractivity contribution is 0.222. The highest BCUT2D eigenvalue weighted by atomic mass is 32.2. The minimum absolute atomic E-state index is 0.0291. The van der Waals surface area contributed by atoms with Gasteiger partial charge in [0.1, 0.15) is 11.9 Å². The molecule has 1 aromatic rings. The number of hydrogen-bond donors (Lipinski definition) is 2. The monoisotopic (exact) mass is 368 g/mol. The van der Waals surface area contributed by atoms with Crippen molar-refractivity contribution in [2.24, 2.45) is 4.99 Å². The minimum Gasteiger partial charge on any atom is -0.489 e. The van der Waals surface area contributed by atoms with Crippen LogP contribution in [0.4, 0.5) is 0 Å². The van der Waals surface area contributed by atoms with Gasteiger partial charge in [0.25, 0.3) is 0 Å². The first kappa shape index (κ1) is 19.5. The summed E-state index contributed by atoms with van der Waals surface area (Å²) in [6.45, 7) is 6.18. The highest BCUT2D eigenvalue weighted by Crippen LogP contribution is 2.17. The van der Waals surface area contributed by atoms with Crippen molar-refractivity contribution >= 4 is 16.0 Å². The number of guanidine groups is 1. The van der Waals surface area contributed by atoms with Crippen molar-refractivity contribution in [1.82, 2.24) is 14.9 Å². The first-order valence-electron chi connectivity index (χ1n) is 8.57. The van der Waals surface area contributed by atoms with Crippen molar-refractivity contribution in [3.05, 3.63) is 29.8 Å². The van der Waals surface area contributed by atoms with Crippen LogP contribution in [0.2, 0.25) is 0 Å². The summed E-state index contributed by atoms with van der Waals surface area (Å²) in [7, 11) is -1.35. The van der Waals surface area contributed by atoms with Crippen molar-refractivity contribution in [2.75, 3.05) is 39.0 Å². The topological polar surface area (TPSA) is 83.0 Å². The number of rotatable bonds is 7. The van der Waals surface area contributed by atoms with Gasteiger partial charge >= 0.3 is 0 Å². The average Bonchev–Trinajstić information content (AvgIpc) is 2.91. The van der Waals surface area contributed by atoms with Gasteiger partial charge in [-0.1, -0.05) is 18.2 Å². The fourth-order valence-electron chi connectivity index (χ4n) is 2.65. The van der Waals surface area contributed by atoms with Gasteiger partial charge in [0, 0.05) is 26.7 Å². The summed E-state index contributed by atoms with van der Waals surface area (Å²) in [5.41, 5.74) is 1.10. The van der Waals surface area contributed by atoms with E-state index >= 15 is 0 Å².